The van der Waals surface area contributed by atoms with Gasteiger partial charge in [0, 0.05) is 31.9 Å². The van der Waals surface area contributed by atoms with Gasteiger partial charge in [-0.3, -0.25) is 0 Å². The van der Waals surface area contributed by atoms with Crippen LogP contribution in [0.2, 0.25) is 0 Å². The minimum absolute atomic E-state index is 0.167. The van der Waals surface area contributed by atoms with Crippen molar-refractivity contribution in [2.75, 3.05) is 25.0 Å². The fourth-order valence-corrected chi connectivity index (χ4v) is 4.76. The number of benzene rings is 2. The summed E-state index contributed by atoms with van der Waals surface area (Å²) in [5.74, 6) is -0.353. The second kappa shape index (κ2) is 8.70. The Morgan fingerprint density at radius 3 is 2.54 bits per heavy atom. The van der Waals surface area contributed by atoms with Crippen LogP contribution in [0.1, 0.15) is 25.3 Å². The highest BCUT2D eigenvalue weighted by Crippen LogP contribution is 2.23. The van der Waals surface area contributed by atoms with E-state index < -0.39 is 10.0 Å². The van der Waals surface area contributed by atoms with Crippen molar-refractivity contribution in [2.24, 2.45) is 0 Å². The molecule has 0 radical (unpaired) electrons. The normalized spacial score (nSPS) is 14.8. The molecule has 1 aliphatic heterocycles. The molecule has 0 bridgehead atoms. The molecular weight excluding hydrogens is 381 g/mol. The number of halogens is 1. The van der Waals surface area contributed by atoms with Gasteiger partial charge in [0.1, 0.15) is 5.82 Å². The van der Waals surface area contributed by atoms with Crippen molar-refractivity contribution in [1.29, 1.82) is 0 Å². The third-order valence-electron chi connectivity index (χ3n) is 4.72. The van der Waals surface area contributed by atoms with E-state index in [1.807, 2.05) is 6.92 Å². The van der Waals surface area contributed by atoms with Crippen molar-refractivity contribution >= 4 is 21.7 Å². The predicted octanol–water partition coefficient (Wildman–Crippen LogP) is 3.66. The molecule has 0 aliphatic carbocycles. The van der Waals surface area contributed by atoms with Crippen LogP contribution in [0, 0.1) is 5.82 Å². The van der Waals surface area contributed by atoms with Gasteiger partial charge in [0.25, 0.3) is 0 Å². The first-order chi connectivity index (χ1) is 13.4. The average Bonchev–Trinajstić information content (AvgIpc) is 3.22. The molecule has 150 valence electrons. The number of hydrogen-bond acceptors (Lipinski definition) is 3. The first-order valence-corrected chi connectivity index (χ1v) is 10.7. The van der Waals surface area contributed by atoms with Crippen LogP contribution in [0.4, 0.5) is 14.9 Å². The van der Waals surface area contributed by atoms with E-state index in [2.05, 4.69) is 5.32 Å². The zero-order chi connectivity index (χ0) is 20.1. The van der Waals surface area contributed by atoms with Crippen molar-refractivity contribution in [3.63, 3.8) is 0 Å². The van der Waals surface area contributed by atoms with E-state index in [9.17, 15) is 17.6 Å². The summed E-state index contributed by atoms with van der Waals surface area (Å²) < 4.78 is 40.2. The number of amides is 2. The van der Waals surface area contributed by atoms with Gasteiger partial charge < -0.3 is 10.2 Å². The minimum Gasteiger partial charge on any atom is -0.320 e. The maximum atomic E-state index is 13.4. The number of rotatable bonds is 6. The second-order valence-electron chi connectivity index (χ2n) is 6.71. The number of sulfonamides is 1. The molecule has 3 rings (SSSR count). The summed E-state index contributed by atoms with van der Waals surface area (Å²) in [5, 5.41) is 2.74. The lowest BCUT2D eigenvalue weighted by molar-refractivity contribution is 0.212. The molecule has 1 aliphatic rings. The molecule has 0 atom stereocenters. The van der Waals surface area contributed by atoms with Crippen LogP contribution in [-0.2, 0) is 16.6 Å². The average molecular weight is 405 g/mol. The molecule has 1 heterocycles. The Labute approximate surface area is 165 Å². The number of carbonyl (C=O) groups is 1. The van der Waals surface area contributed by atoms with E-state index in [0.29, 0.717) is 30.9 Å². The summed E-state index contributed by atoms with van der Waals surface area (Å²) in [4.78, 5) is 14.3. The first kappa shape index (κ1) is 20.3. The van der Waals surface area contributed by atoms with Crippen molar-refractivity contribution in [3.05, 3.63) is 59.9 Å². The van der Waals surface area contributed by atoms with E-state index in [-0.39, 0.29) is 23.3 Å². The Bertz CT molecular complexity index is 943. The lowest BCUT2D eigenvalue weighted by Gasteiger charge is -2.22. The second-order valence-corrected chi connectivity index (χ2v) is 8.65. The highest BCUT2D eigenvalue weighted by Gasteiger charge is 2.27. The van der Waals surface area contributed by atoms with Gasteiger partial charge in [0.05, 0.1) is 4.90 Å². The van der Waals surface area contributed by atoms with E-state index in [4.69, 9.17) is 0 Å². The number of urea groups is 1. The predicted molar refractivity (Wildman–Crippen MR) is 106 cm³/mol. The highest BCUT2D eigenvalue weighted by atomic mass is 32.2. The lowest BCUT2D eigenvalue weighted by Crippen LogP contribution is -2.34. The maximum absolute atomic E-state index is 13.4. The molecular formula is C20H24FN3O3S. The monoisotopic (exact) mass is 405 g/mol. The quantitative estimate of drug-likeness (QED) is 0.797. The third-order valence-corrected chi connectivity index (χ3v) is 6.61. The molecule has 2 aromatic carbocycles. The molecule has 0 unspecified atom stereocenters. The summed E-state index contributed by atoms with van der Waals surface area (Å²) in [6, 6.07) is 12.0. The molecule has 1 saturated heterocycles. The Kier molecular flexibility index (Phi) is 6.31. The number of anilines is 1. The van der Waals surface area contributed by atoms with Gasteiger partial charge in [-0.05, 0) is 55.7 Å². The number of hydrogen-bond donors (Lipinski definition) is 1. The highest BCUT2D eigenvalue weighted by molar-refractivity contribution is 7.89. The van der Waals surface area contributed by atoms with Crippen molar-refractivity contribution in [1.82, 2.24) is 9.21 Å². The SMILES string of the molecule is CCN(Cc1cccc(F)c1)C(=O)Nc1cccc(S(=O)(=O)N2CCCC2)c1. The van der Waals surface area contributed by atoms with Gasteiger partial charge >= 0.3 is 6.03 Å². The van der Waals surface area contributed by atoms with E-state index in [0.717, 1.165) is 12.8 Å². The van der Waals surface area contributed by atoms with Crippen LogP contribution in [0.3, 0.4) is 0 Å². The Hall–Kier alpha value is -2.45. The fraction of sp³-hybridized carbons (Fsp3) is 0.350. The standard InChI is InChI=1S/C20H24FN3O3S/c1-2-23(15-16-7-5-8-17(21)13-16)20(25)22-18-9-6-10-19(14-18)28(26,27)24-11-3-4-12-24/h5-10,13-14H,2-4,11-12,15H2,1H3,(H,22,25). The molecule has 0 spiro atoms. The van der Waals surface area contributed by atoms with E-state index >= 15 is 0 Å². The van der Waals surface area contributed by atoms with Gasteiger partial charge in [-0.25, -0.2) is 17.6 Å². The Morgan fingerprint density at radius 2 is 1.86 bits per heavy atom. The summed E-state index contributed by atoms with van der Waals surface area (Å²) in [5.41, 5.74) is 1.09. The van der Waals surface area contributed by atoms with Gasteiger partial charge in [0.2, 0.25) is 10.0 Å². The maximum Gasteiger partial charge on any atom is 0.322 e. The van der Waals surface area contributed by atoms with E-state index in [1.54, 1.807) is 24.3 Å². The molecule has 0 aromatic heterocycles. The number of carbonyl (C=O) groups excluding carboxylic acids is 1. The lowest BCUT2D eigenvalue weighted by atomic mass is 10.2. The number of nitrogens with one attached hydrogen (secondary N) is 1. The van der Waals surface area contributed by atoms with Crippen LogP contribution in [-0.4, -0.2) is 43.3 Å². The van der Waals surface area contributed by atoms with Gasteiger partial charge in [-0.1, -0.05) is 18.2 Å². The van der Waals surface area contributed by atoms with Crippen LogP contribution < -0.4 is 5.32 Å². The fourth-order valence-electron chi connectivity index (χ4n) is 3.20. The van der Waals surface area contributed by atoms with Crippen molar-refractivity contribution in [2.45, 2.75) is 31.2 Å². The smallest absolute Gasteiger partial charge is 0.320 e. The van der Waals surface area contributed by atoms with Crippen molar-refractivity contribution in [3.8, 4) is 0 Å². The molecule has 6 nitrogen and oxygen atoms in total. The number of nitrogens with zero attached hydrogens (tertiary/aromatic N) is 2. The molecule has 28 heavy (non-hydrogen) atoms. The topological polar surface area (TPSA) is 69.7 Å². The van der Waals surface area contributed by atoms with Crippen LogP contribution in [0.25, 0.3) is 0 Å². The molecule has 1 N–H and O–H groups in total. The molecule has 1 fully saturated rings. The Morgan fingerprint density at radius 1 is 1.14 bits per heavy atom. The molecule has 0 saturated carbocycles. The zero-order valence-electron chi connectivity index (χ0n) is 15.8. The molecule has 8 heteroatoms. The van der Waals surface area contributed by atoms with Crippen LogP contribution in [0.5, 0.6) is 0 Å². The minimum atomic E-state index is -3.55. The summed E-state index contributed by atoms with van der Waals surface area (Å²) >= 11 is 0. The van der Waals surface area contributed by atoms with Gasteiger partial charge in [0.15, 0.2) is 0 Å². The molecule has 2 aromatic rings. The third kappa shape index (κ3) is 4.69. The van der Waals surface area contributed by atoms with E-state index in [1.165, 1.54) is 33.5 Å². The van der Waals surface area contributed by atoms with Crippen LogP contribution in [0.15, 0.2) is 53.4 Å². The van der Waals surface area contributed by atoms with Crippen LogP contribution >= 0.6 is 0 Å². The summed E-state index contributed by atoms with van der Waals surface area (Å²) in [6.07, 6.45) is 1.72. The Balaban J connectivity index is 1.72. The largest absolute Gasteiger partial charge is 0.322 e. The molecule has 2 amide bonds. The van der Waals surface area contributed by atoms with Gasteiger partial charge in [-0.15, -0.1) is 0 Å². The summed E-state index contributed by atoms with van der Waals surface area (Å²) in [7, 11) is -3.55. The first-order valence-electron chi connectivity index (χ1n) is 9.31. The zero-order valence-corrected chi connectivity index (χ0v) is 16.6. The summed E-state index contributed by atoms with van der Waals surface area (Å²) in [6.45, 7) is 3.56. The van der Waals surface area contributed by atoms with Gasteiger partial charge in [-0.2, -0.15) is 4.31 Å². The van der Waals surface area contributed by atoms with Crippen molar-refractivity contribution < 1.29 is 17.6 Å².